The van der Waals surface area contributed by atoms with E-state index in [9.17, 15) is 4.79 Å². The average Bonchev–Trinajstić information content (AvgIpc) is 2.73. The summed E-state index contributed by atoms with van der Waals surface area (Å²) in [6.45, 7) is 3.10. The fourth-order valence-corrected chi connectivity index (χ4v) is 3.00. The Morgan fingerprint density at radius 3 is 2.85 bits per heavy atom. The Balaban J connectivity index is 1.81. The Bertz CT molecular complexity index is 610. The van der Waals surface area contributed by atoms with Crippen LogP contribution in [0.5, 0.6) is 0 Å². The lowest BCUT2D eigenvalue weighted by Crippen LogP contribution is -2.18. The predicted octanol–water partition coefficient (Wildman–Crippen LogP) is 3.75. The van der Waals surface area contributed by atoms with Crippen LogP contribution in [0.3, 0.4) is 0 Å². The summed E-state index contributed by atoms with van der Waals surface area (Å²) in [5.41, 5.74) is 2.16. The number of benzene rings is 1. The highest BCUT2D eigenvalue weighted by molar-refractivity contribution is 5.82. The number of hydrogen-bond donors (Lipinski definition) is 0. The van der Waals surface area contributed by atoms with E-state index in [1.54, 1.807) is 0 Å². The maximum atomic E-state index is 12.2. The Kier molecular flexibility index (Phi) is 3.86. The molecule has 106 valence electrons. The van der Waals surface area contributed by atoms with E-state index >= 15 is 0 Å². The predicted molar refractivity (Wildman–Crippen MR) is 80.7 cm³/mol. The quantitative estimate of drug-likeness (QED) is 0.801. The van der Waals surface area contributed by atoms with Crippen LogP contribution in [-0.4, -0.2) is 15.3 Å². The molecule has 0 atom stereocenters. The number of aryl methyl sites for hydroxylation is 1. The molecule has 1 aromatic heterocycles. The second kappa shape index (κ2) is 5.78. The van der Waals surface area contributed by atoms with E-state index in [-0.39, 0.29) is 0 Å². The van der Waals surface area contributed by atoms with Crippen LogP contribution < -0.4 is 0 Å². The lowest BCUT2D eigenvalue weighted by atomic mass is 9.81. The molecule has 0 saturated heterocycles. The molecule has 3 nitrogen and oxygen atoms in total. The second-order valence-electron chi connectivity index (χ2n) is 5.88. The van der Waals surface area contributed by atoms with Gasteiger partial charge < -0.3 is 4.57 Å². The minimum absolute atomic E-state index is 0.349. The van der Waals surface area contributed by atoms with Crippen LogP contribution in [0.2, 0.25) is 0 Å². The normalized spacial score (nSPS) is 15.4. The molecule has 0 spiro atoms. The molecule has 0 aliphatic heterocycles. The first kappa shape index (κ1) is 13.3. The number of carbonyl (C=O) groups excluding carboxylic acids is 1. The number of rotatable bonds is 6. The van der Waals surface area contributed by atoms with E-state index in [0.717, 1.165) is 36.2 Å². The fourth-order valence-electron chi connectivity index (χ4n) is 3.00. The maximum absolute atomic E-state index is 12.2. The summed E-state index contributed by atoms with van der Waals surface area (Å²) in [4.78, 5) is 16.9. The lowest BCUT2D eigenvalue weighted by Gasteiger charge is -2.24. The zero-order chi connectivity index (χ0) is 13.9. The largest absolute Gasteiger partial charge is 0.328 e. The number of carbonyl (C=O) groups is 1. The molecule has 1 saturated carbocycles. The smallest absolute Gasteiger partial charge is 0.140 e. The zero-order valence-corrected chi connectivity index (χ0v) is 12.1. The van der Waals surface area contributed by atoms with Gasteiger partial charge in [-0.25, -0.2) is 4.98 Å². The Morgan fingerprint density at radius 2 is 2.15 bits per heavy atom. The van der Waals surface area contributed by atoms with Crippen LogP contribution in [0.1, 0.15) is 44.9 Å². The standard InChI is InChI=1S/C17H22N2O/c1-2-10-19-16-9-4-3-8-15(16)18-17(19)12-14(20)11-13-6-5-7-13/h3-4,8-9,13H,2,5-7,10-12H2,1H3. The van der Waals surface area contributed by atoms with E-state index in [1.165, 1.54) is 19.3 Å². The van der Waals surface area contributed by atoms with Crippen LogP contribution in [0, 0.1) is 5.92 Å². The van der Waals surface area contributed by atoms with E-state index in [0.29, 0.717) is 18.1 Å². The molecule has 1 fully saturated rings. The molecule has 1 heterocycles. The van der Waals surface area contributed by atoms with E-state index < -0.39 is 0 Å². The second-order valence-corrected chi connectivity index (χ2v) is 5.88. The third-order valence-corrected chi connectivity index (χ3v) is 4.28. The van der Waals surface area contributed by atoms with Crippen LogP contribution in [0.4, 0.5) is 0 Å². The number of nitrogens with zero attached hydrogens (tertiary/aromatic N) is 2. The molecular formula is C17H22N2O. The highest BCUT2D eigenvalue weighted by Crippen LogP contribution is 2.30. The summed E-state index contributed by atoms with van der Waals surface area (Å²) >= 11 is 0. The van der Waals surface area contributed by atoms with E-state index in [4.69, 9.17) is 0 Å². The topological polar surface area (TPSA) is 34.9 Å². The summed E-state index contributed by atoms with van der Waals surface area (Å²) in [6, 6.07) is 8.17. The van der Waals surface area contributed by atoms with Crippen molar-refractivity contribution in [3.05, 3.63) is 30.1 Å². The van der Waals surface area contributed by atoms with Crippen molar-refractivity contribution >= 4 is 16.8 Å². The van der Waals surface area contributed by atoms with Crippen LogP contribution in [0.25, 0.3) is 11.0 Å². The van der Waals surface area contributed by atoms with Crippen LogP contribution in [0.15, 0.2) is 24.3 Å². The van der Waals surface area contributed by atoms with Crippen LogP contribution in [-0.2, 0) is 17.8 Å². The SMILES string of the molecule is CCCn1c(CC(=O)CC2CCC2)nc2ccccc21. The Morgan fingerprint density at radius 1 is 1.35 bits per heavy atom. The number of aromatic nitrogens is 2. The number of Topliss-reactive ketones (excluding diaryl/α,β-unsaturated/α-hetero) is 1. The van der Waals surface area contributed by atoms with Crippen molar-refractivity contribution in [2.75, 3.05) is 0 Å². The van der Waals surface area contributed by atoms with Crippen LogP contribution >= 0.6 is 0 Å². The van der Waals surface area contributed by atoms with Gasteiger partial charge >= 0.3 is 0 Å². The highest BCUT2D eigenvalue weighted by atomic mass is 16.1. The molecule has 3 heteroatoms. The molecule has 0 radical (unpaired) electrons. The number of hydrogen-bond acceptors (Lipinski definition) is 2. The molecule has 20 heavy (non-hydrogen) atoms. The molecule has 0 unspecified atom stereocenters. The monoisotopic (exact) mass is 270 g/mol. The van der Waals surface area contributed by atoms with Gasteiger partial charge in [0, 0.05) is 13.0 Å². The minimum atomic E-state index is 0.349. The van der Waals surface area contributed by atoms with Crippen molar-refractivity contribution in [2.45, 2.75) is 52.0 Å². The summed E-state index contributed by atoms with van der Waals surface area (Å²) in [7, 11) is 0. The first-order valence-electron chi connectivity index (χ1n) is 7.73. The Hall–Kier alpha value is -1.64. The van der Waals surface area contributed by atoms with E-state index in [2.05, 4.69) is 22.5 Å². The highest BCUT2D eigenvalue weighted by Gasteiger charge is 2.22. The van der Waals surface area contributed by atoms with Crippen molar-refractivity contribution in [2.24, 2.45) is 5.92 Å². The molecule has 0 N–H and O–H groups in total. The van der Waals surface area contributed by atoms with Gasteiger partial charge in [0.1, 0.15) is 11.6 Å². The summed E-state index contributed by atoms with van der Waals surface area (Å²) < 4.78 is 2.22. The van der Waals surface area contributed by atoms with Gasteiger partial charge in [-0.1, -0.05) is 38.3 Å². The third-order valence-electron chi connectivity index (χ3n) is 4.28. The van der Waals surface area contributed by atoms with Gasteiger partial charge in [-0.05, 0) is 24.5 Å². The van der Waals surface area contributed by atoms with Gasteiger partial charge in [0.05, 0.1) is 17.5 Å². The third kappa shape index (κ3) is 2.62. The maximum Gasteiger partial charge on any atom is 0.140 e. The first-order chi connectivity index (χ1) is 9.78. The van der Waals surface area contributed by atoms with Gasteiger partial charge in [0.25, 0.3) is 0 Å². The van der Waals surface area contributed by atoms with Crippen molar-refractivity contribution in [3.8, 4) is 0 Å². The summed E-state index contributed by atoms with van der Waals surface area (Å²) in [6.07, 6.45) is 6.06. The molecular weight excluding hydrogens is 248 g/mol. The molecule has 1 aromatic carbocycles. The van der Waals surface area contributed by atoms with Crippen molar-refractivity contribution in [1.82, 2.24) is 9.55 Å². The van der Waals surface area contributed by atoms with Crippen molar-refractivity contribution in [3.63, 3.8) is 0 Å². The fraction of sp³-hybridized carbons (Fsp3) is 0.529. The molecule has 2 aromatic rings. The van der Waals surface area contributed by atoms with Gasteiger partial charge in [-0.3, -0.25) is 4.79 Å². The Labute approximate surface area is 120 Å². The molecule has 1 aliphatic carbocycles. The molecule has 3 rings (SSSR count). The van der Waals surface area contributed by atoms with Crippen molar-refractivity contribution in [1.29, 1.82) is 0 Å². The lowest BCUT2D eigenvalue weighted by molar-refractivity contribution is -0.120. The average molecular weight is 270 g/mol. The molecule has 0 amide bonds. The number of fused-ring (bicyclic) bond motifs is 1. The summed E-state index contributed by atoms with van der Waals surface area (Å²) in [5.74, 6) is 1.94. The van der Waals surface area contributed by atoms with Gasteiger partial charge in [0.15, 0.2) is 0 Å². The minimum Gasteiger partial charge on any atom is -0.328 e. The number of para-hydroxylation sites is 2. The van der Waals surface area contributed by atoms with E-state index in [1.807, 2.05) is 18.2 Å². The van der Waals surface area contributed by atoms with Gasteiger partial charge in [0.2, 0.25) is 0 Å². The van der Waals surface area contributed by atoms with Crippen molar-refractivity contribution < 1.29 is 4.79 Å². The summed E-state index contributed by atoms with van der Waals surface area (Å²) in [5, 5.41) is 0. The first-order valence-corrected chi connectivity index (χ1v) is 7.73. The molecule has 1 aliphatic rings. The van der Waals surface area contributed by atoms with Gasteiger partial charge in [-0.2, -0.15) is 0 Å². The molecule has 0 bridgehead atoms. The van der Waals surface area contributed by atoms with Gasteiger partial charge in [-0.15, -0.1) is 0 Å². The zero-order valence-electron chi connectivity index (χ0n) is 12.1. The number of imidazole rings is 1. The number of ketones is 1.